The van der Waals surface area contributed by atoms with Crippen LogP contribution in [0.1, 0.15) is 32.6 Å². The summed E-state index contributed by atoms with van der Waals surface area (Å²) in [6.07, 6.45) is 11.9. The molecule has 0 heteroatoms. The summed E-state index contributed by atoms with van der Waals surface area (Å²) in [5.41, 5.74) is 1.52. The second-order valence-corrected chi connectivity index (χ2v) is 2.69. The highest BCUT2D eigenvalue weighted by Gasteiger charge is 1.91. The highest BCUT2D eigenvalue weighted by Crippen LogP contribution is 2.11. The Morgan fingerprint density at radius 3 is 3.11 bits per heavy atom. The number of hydrogen-bond donors (Lipinski definition) is 0. The molecule has 0 heterocycles. The zero-order valence-corrected chi connectivity index (χ0v) is 6.06. The van der Waals surface area contributed by atoms with E-state index in [9.17, 15) is 0 Å². The van der Waals surface area contributed by atoms with E-state index in [1.54, 1.807) is 0 Å². The summed E-state index contributed by atoms with van der Waals surface area (Å²) in [6.45, 7) is 2.20. The molecule has 0 aromatic rings. The van der Waals surface area contributed by atoms with Crippen molar-refractivity contribution < 1.29 is 0 Å². The Hall–Kier alpha value is -0.520. The number of hydrogen-bond acceptors (Lipinski definition) is 0. The molecule has 0 saturated heterocycles. The molecular weight excluding hydrogens is 108 g/mol. The second-order valence-electron chi connectivity index (χ2n) is 2.69. The predicted octanol–water partition coefficient (Wildman–Crippen LogP) is 3.06. The minimum atomic E-state index is 1.27. The third-order valence-electron chi connectivity index (χ3n) is 1.71. The fourth-order valence-electron chi connectivity index (χ4n) is 1.08. The van der Waals surface area contributed by atoms with Gasteiger partial charge in [0.1, 0.15) is 0 Å². The molecule has 0 radical (unpaired) electrons. The van der Waals surface area contributed by atoms with Gasteiger partial charge in [-0.2, -0.15) is 0 Å². The van der Waals surface area contributed by atoms with Gasteiger partial charge >= 0.3 is 0 Å². The summed E-state index contributed by atoms with van der Waals surface area (Å²) in [6, 6.07) is 0. The molecule has 1 aliphatic rings. The fraction of sp³-hybridized carbons (Fsp3) is 0.556. The van der Waals surface area contributed by atoms with Crippen molar-refractivity contribution in [3.8, 4) is 0 Å². The molecule has 0 aromatic carbocycles. The molecular formula is C9H14. The average Bonchev–Trinajstić information content (AvgIpc) is 1.79. The van der Waals surface area contributed by atoms with Crippen LogP contribution >= 0.6 is 0 Å². The molecule has 0 N–H and O–H groups in total. The van der Waals surface area contributed by atoms with Crippen LogP contribution in [0.3, 0.4) is 0 Å². The Morgan fingerprint density at radius 2 is 2.22 bits per heavy atom. The maximum absolute atomic E-state index is 2.25. The Labute approximate surface area is 57.3 Å². The Bertz CT molecular complexity index is 129. The van der Waals surface area contributed by atoms with Gasteiger partial charge in [0.05, 0.1) is 0 Å². The van der Waals surface area contributed by atoms with Crippen molar-refractivity contribution in [2.45, 2.75) is 32.6 Å². The molecule has 0 unspecified atom stereocenters. The summed E-state index contributed by atoms with van der Waals surface area (Å²) in [4.78, 5) is 0. The molecule has 0 nitrogen and oxygen atoms in total. The van der Waals surface area contributed by atoms with Crippen molar-refractivity contribution in [1.29, 1.82) is 0 Å². The van der Waals surface area contributed by atoms with Crippen LogP contribution in [0, 0.1) is 0 Å². The molecule has 0 fully saturated rings. The lowest BCUT2D eigenvalue weighted by Crippen LogP contribution is -1.81. The van der Waals surface area contributed by atoms with E-state index in [0.717, 1.165) is 0 Å². The van der Waals surface area contributed by atoms with Gasteiger partial charge in [0, 0.05) is 0 Å². The summed E-state index contributed by atoms with van der Waals surface area (Å²) in [5, 5.41) is 0. The van der Waals surface area contributed by atoms with Gasteiger partial charge in [0.2, 0.25) is 0 Å². The monoisotopic (exact) mass is 122 g/mol. The maximum Gasteiger partial charge on any atom is -0.0320 e. The summed E-state index contributed by atoms with van der Waals surface area (Å²) in [5.74, 6) is 0. The first-order chi connectivity index (χ1) is 4.39. The zero-order chi connectivity index (χ0) is 6.53. The number of rotatable bonds is 0. The van der Waals surface area contributed by atoms with Crippen molar-refractivity contribution >= 4 is 0 Å². The first kappa shape index (κ1) is 6.60. The van der Waals surface area contributed by atoms with Crippen LogP contribution in [0.2, 0.25) is 0 Å². The second kappa shape index (κ2) is 3.49. The molecule has 1 rings (SSSR count). The molecule has 1 aliphatic carbocycles. The maximum atomic E-state index is 2.25. The Balaban J connectivity index is 2.48. The van der Waals surface area contributed by atoms with Crippen LogP contribution in [0.4, 0.5) is 0 Å². The Kier molecular flexibility index (Phi) is 2.56. The third kappa shape index (κ3) is 2.50. The van der Waals surface area contributed by atoms with Gasteiger partial charge in [-0.05, 0) is 32.6 Å². The van der Waals surface area contributed by atoms with Crippen molar-refractivity contribution in [3.05, 3.63) is 23.8 Å². The van der Waals surface area contributed by atoms with Gasteiger partial charge < -0.3 is 0 Å². The van der Waals surface area contributed by atoms with Gasteiger partial charge in [0.25, 0.3) is 0 Å². The van der Waals surface area contributed by atoms with Crippen LogP contribution in [0.15, 0.2) is 23.8 Å². The minimum absolute atomic E-state index is 1.27. The zero-order valence-electron chi connectivity index (χ0n) is 6.06. The molecule has 50 valence electrons. The first-order valence-electron chi connectivity index (χ1n) is 3.72. The molecule has 9 heavy (non-hydrogen) atoms. The van der Waals surface area contributed by atoms with Gasteiger partial charge in [-0.15, -0.1) is 0 Å². The van der Waals surface area contributed by atoms with E-state index in [4.69, 9.17) is 0 Å². The summed E-state index contributed by atoms with van der Waals surface area (Å²) in [7, 11) is 0. The van der Waals surface area contributed by atoms with Crippen LogP contribution in [-0.2, 0) is 0 Å². The summed E-state index contributed by atoms with van der Waals surface area (Å²) < 4.78 is 0. The highest BCUT2D eigenvalue weighted by atomic mass is 14.0. The minimum Gasteiger partial charge on any atom is -0.0845 e. The van der Waals surface area contributed by atoms with Crippen LogP contribution in [0.5, 0.6) is 0 Å². The van der Waals surface area contributed by atoms with Gasteiger partial charge in [0.15, 0.2) is 0 Å². The van der Waals surface area contributed by atoms with Crippen molar-refractivity contribution in [2.75, 3.05) is 0 Å². The topological polar surface area (TPSA) is 0 Å². The third-order valence-corrected chi connectivity index (χ3v) is 1.71. The normalized spacial score (nSPS) is 20.3. The fourth-order valence-corrected chi connectivity index (χ4v) is 1.08. The Morgan fingerprint density at radius 1 is 1.33 bits per heavy atom. The molecule has 0 aromatic heterocycles. The van der Waals surface area contributed by atoms with E-state index in [2.05, 4.69) is 25.2 Å². The van der Waals surface area contributed by atoms with Gasteiger partial charge in [-0.3, -0.25) is 0 Å². The van der Waals surface area contributed by atoms with Crippen molar-refractivity contribution in [3.63, 3.8) is 0 Å². The smallest absolute Gasteiger partial charge is 0.0320 e. The average molecular weight is 122 g/mol. The van der Waals surface area contributed by atoms with E-state index < -0.39 is 0 Å². The SMILES string of the molecule is CC1=CC=CCCCC1. The molecule has 0 bridgehead atoms. The lowest BCUT2D eigenvalue weighted by Gasteiger charge is -2.01. The van der Waals surface area contributed by atoms with E-state index in [-0.39, 0.29) is 0 Å². The number of allylic oxidation sites excluding steroid dienone is 4. The van der Waals surface area contributed by atoms with Gasteiger partial charge in [-0.1, -0.05) is 23.8 Å². The van der Waals surface area contributed by atoms with E-state index in [0.29, 0.717) is 0 Å². The standard InChI is InChI=1S/C9H14/c1-9-7-5-3-2-4-6-8-9/h3,5,7H,2,4,6,8H2,1H3. The summed E-state index contributed by atoms with van der Waals surface area (Å²) >= 11 is 0. The molecule has 0 aliphatic heterocycles. The predicted molar refractivity (Wildman–Crippen MR) is 41.4 cm³/mol. The lowest BCUT2D eigenvalue weighted by molar-refractivity contribution is 0.737. The molecule has 0 atom stereocenters. The highest BCUT2D eigenvalue weighted by molar-refractivity contribution is 5.11. The largest absolute Gasteiger partial charge is 0.0845 e. The van der Waals surface area contributed by atoms with Crippen LogP contribution in [-0.4, -0.2) is 0 Å². The quantitative estimate of drug-likeness (QED) is 0.463. The van der Waals surface area contributed by atoms with Gasteiger partial charge in [-0.25, -0.2) is 0 Å². The van der Waals surface area contributed by atoms with E-state index >= 15 is 0 Å². The van der Waals surface area contributed by atoms with Crippen molar-refractivity contribution in [2.24, 2.45) is 0 Å². The van der Waals surface area contributed by atoms with Crippen molar-refractivity contribution in [1.82, 2.24) is 0 Å². The van der Waals surface area contributed by atoms with E-state index in [1.807, 2.05) is 0 Å². The van der Waals surface area contributed by atoms with Crippen LogP contribution in [0.25, 0.3) is 0 Å². The molecule has 0 spiro atoms. The van der Waals surface area contributed by atoms with Crippen LogP contribution < -0.4 is 0 Å². The first-order valence-corrected chi connectivity index (χ1v) is 3.72. The lowest BCUT2D eigenvalue weighted by atomic mass is 10.1. The van der Waals surface area contributed by atoms with E-state index in [1.165, 1.54) is 31.3 Å². The molecule has 0 amide bonds. The molecule has 0 saturated carbocycles.